The summed E-state index contributed by atoms with van der Waals surface area (Å²) < 4.78 is 6.01. The van der Waals surface area contributed by atoms with Crippen LogP contribution in [0.15, 0.2) is 0 Å². The first-order chi connectivity index (χ1) is 21.7. The van der Waals surface area contributed by atoms with E-state index in [4.69, 9.17) is 14.4 Å². The minimum atomic E-state index is -1.36. The van der Waals surface area contributed by atoms with E-state index < -0.39 is 73.2 Å². The van der Waals surface area contributed by atoms with E-state index in [-0.39, 0.29) is 34.9 Å². The molecule has 0 saturated carbocycles. The Bertz CT molecular complexity index is 1060. The lowest BCUT2D eigenvalue weighted by Gasteiger charge is -2.29. The van der Waals surface area contributed by atoms with Crippen molar-refractivity contribution >= 4 is 23.7 Å². The van der Waals surface area contributed by atoms with Crippen LogP contribution in [0.1, 0.15) is 93.4 Å². The molecule has 5 N–H and O–H groups in total. The van der Waals surface area contributed by atoms with Gasteiger partial charge in [0.2, 0.25) is 17.9 Å². The van der Waals surface area contributed by atoms with Crippen molar-refractivity contribution in [2.24, 2.45) is 17.8 Å². The summed E-state index contributed by atoms with van der Waals surface area (Å²) in [4.78, 5) is 65.8. The number of carbonyl (C=O) groups excluding carboxylic acids is 4. The molecule has 0 radical (unpaired) electrons. The molecule has 0 spiro atoms. The maximum Gasteiger partial charge on any atom is 0.323 e. The van der Waals surface area contributed by atoms with Crippen molar-refractivity contribution in [3.05, 3.63) is 0 Å². The summed E-state index contributed by atoms with van der Waals surface area (Å²) in [6, 6.07) is -3.96. The van der Waals surface area contributed by atoms with Gasteiger partial charge in [-0.1, -0.05) is 67.2 Å². The standard InChI is InChI=1S/C32H57N5O9/c1-9-11-12-13-14-24-20(6)32-37(8,46-32)23(15-18(3)4)29(42)34-26(19(5)10-2)30(43)33-22(17-38)28(41)35-27(21(7)39)31-36(45-31)16-25(40)44-24/h18-24,26-27,31-32,38-39H,9-17H2,1-8H3,(H2-,33,34,35,41,42,43)/p+1/t19-,20-,21+,22+,23+,24-,26+,27+,31+,32?,36?,37-/m1/s1. The van der Waals surface area contributed by atoms with Gasteiger partial charge in [-0.2, -0.15) is 0 Å². The number of ether oxygens (including phenoxy) is 1. The number of aliphatic hydroxyl groups excluding tert-OH is 2. The molecule has 14 heteroatoms. The minimum absolute atomic E-state index is 0.0158. The Hall–Kier alpha value is -2.36. The average Bonchev–Trinajstić information content (AvgIpc) is 3.91. The first-order valence-electron chi connectivity index (χ1n) is 17.0. The van der Waals surface area contributed by atoms with Crippen LogP contribution in [-0.2, 0) is 33.6 Å². The number of quaternary nitrogens is 1. The number of esters is 1. The second kappa shape index (κ2) is 16.6. The van der Waals surface area contributed by atoms with E-state index >= 15 is 0 Å². The van der Waals surface area contributed by atoms with E-state index in [1.54, 1.807) is 0 Å². The number of unbranched alkanes of at least 4 members (excludes halogenated alkanes) is 3. The molecular weight excluding hydrogens is 598 g/mol. The van der Waals surface area contributed by atoms with Crippen LogP contribution in [0.25, 0.3) is 0 Å². The molecule has 3 aliphatic heterocycles. The molecule has 0 bridgehead atoms. The van der Waals surface area contributed by atoms with E-state index in [9.17, 15) is 29.4 Å². The molecule has 3 aliphatic rings. The van der Waals surface area contributed by atoms with Crippen molar-refractivity contribution in [2.45, 2.75) is 142 Å². The van der Waals surface area contributed by atoms with Crippen molar-refractivity contribution in [1.29, 1.82) is 0 Å². The van der Waals surface area contributed by atoms with E-state index in [1.165, 1.54) is 12.0 Å². The maximum atomic E-state index is 14.0. The molecule has 264 valence electrons. The van der Waals surface area contributed by atoms with Crippen LogP contribution < -0.4 is 16.0 Å². The van der Waals surface area contributed by atoms with Crippen LogP contribution in [0.2, 0.25) is 0 Å². The van der Waals surface area contributed by atoms with Crippen molar-refractivity contribution in [1.82, 2.24) is 21.0 Å². The van der Waals surface area contributed by atoms with Crippen LogP contribution in [0.3, 0.4) is 0 Å². The van der Waals surface area contributed by atoms with Gasteiger partial charge in [0.25, 0.3) is 12.1 Å². The molecular formula is C32H58N5O9+. The summed E-state index contributed by atoms with van der Waals surface area (Å²) in [5.41, 5.74) is 0. The highest BCUT2D eigenvalue weighted by Crippen LogP contribution is 2.44. The number of carbonyl (C=O) groups is 4. The van der Waals surface area contributed by atoms with E-state index in [0.29, 0.717) is 19.3 Å². The van der Waals surface area contributed by atoms with Gasteiger partial charge in [0.15, 0.2) is 6.23 Å². The van der Waals surface area contributed by atoms with Crippen molar-refractivity contribution in [3.8, 4) is 0 Å². The zero-order valence-corrected chi connectivity index (χ0v) is 28.9. The minimum Gasteiger partial charge on any atom is -0.461 e. The smallest absolute Gasteiger partial charge is 0.323 e. The van der Waals surface area contributed by atoms with Crippen molar-refractivity contribution in [3.63, 3.8) is 0 Å². The van der Waals surface area contributed by atoms with Crippen molar-refractivity contribution in [2.75, 3.05) is 20.2 Å². The lowest BCUT2D eigenvalue weighted by Crippen LogP contribution is -2.61. The van der Waals surface area contributed by atoms with Crippen LogP contribution in [-0.4, -0.2) is 113 Å². The van der Waals surface area contributed by atoms with Crippen LogP contribution in [0.5, 0.6) is 0 Å². The highest BCUT2D eigenvalue weighted by Gasteiger charge is 2.66. The summed E-state index contributed by atoms with van der Waals surface area (Å²) in [5, 5.41) is 30.0. The Morgan fingerprint density at radius 3 is 2.26 bits per heavy atom. The number of amides is 3. The monoisotopic (exact) mass is 656 g/mol. The second-order valence-corrected chi connectivity index (χ2v) is 13.9. The van der Waals surface area contributed by atoms with Crippen molar-refractivity contribution < 1.29 is 48.4 Å². The third-order valence-corrected chi connectivity index (χ3v) is 9.58. The Balaban J connectivity index is 1.97. The number of cyclic esters (lactones) is 1. The summed E-state index contributed by atoms with van der Waals surface area (Å²) in [5.74, 6) is -2.63. The van der Waals surface area contributed by atoms with Gasteiger partial charge in [0, 0.05) is 6.42 Å². The number of fused-ring (bicyclic) bond motifs is 2. The molecule has 0 aromatic rings. The third kappa shape index (κ3) is 9.60. The molecule has 3 saturated heterocycles. The Morgan fingerprint density at radius 1 is 0.978 bits per heavy atom. The number of nitrogens with zero attached hydrogens (tertiary/aromatic N) is 2. The number of hydrogen-bond donors (Lipinski definition) is 5. The first kappa shape index (κ1) is 38.1. The first-order valence-corrected chi connectivity index (χ1v) is 17.0. The summed E-state index contributed by atoms with van der Waals surface area (Å²) >= 11 is 0. The van der Waals surface area contributed by atoms with Gasteiger partial charge in [-0.25, -0.2) is 0 Å². The highest BCUT2D eigenvalue weighted by molar-refractivity contribution is 5.93. The number of rotatable bonds is 11. The van der Waals surface area contributed by atoms with Gasteiger partial charge >= 0.3 is 5.97 Å². The van der Waals surface area contributed by atoms with Gasteiger partial charge in [0.1, 0.15) is 31.8 Å². The zero-order valence-electron chi connectivity index (χ0n) is 28.9. The largest absolute Gasteiger partial charge is 0.461 e. The third-order valence-electron chi connectivity index (χ3n) is 9.58. The predicted molar refractivity (Wildman–Crippen MR) is 168 cm³/mol. The fraction of sp³-hybridized carbons (Fsp3) is 0.875. The van der Waals surface area contributed by atoms with Gasteiger partial charge in [-0.15, -0.1) is 14.5 Å². The molecule has 14 nitrogen and oxygen atoms in total. The number of aliphatic hydroxyl groups is 2. The normalized spacial score (nSPS) is 37.2. The van der Waals surface area contributed by atoms with Crippen LogP contribution in [0, 0.1) is 17.8 Å². The highest BCUT2D eigenvalue weighted by atomic mass is 16.9. The molecule has 3 fully saturated rings. The lowest BCUT2D eigenvalue weighted by molar-refractivity contribution is -0.920. The molecule has 46 heavy (non-hydrogen) atoms. The number of hydroxylamine groups is 5. The molecule has 3 amide bonds. The van der Waals surface area contributed by atoms with Crippen LogP contribution >= 0.6 is 0 Å². The average molecular weight is 657 g/mol. The Kier molecular flexibility index (Phi) is 13.8. The van der Waals surface area contributed by atoms with E-state index in [0.717, 1.165) is 25.7 Å². The fourth-order valence-corrected chi connectivity index (χ4v) is 6.32. The maximum absolute atomic E-state index is 14.0. The molecule has 3 heterocycles. The Labute approximate surface area is 273 Å². The number of nitrogens with one attached hydrogen (secondary N) is 3. The van der Waals surface area contributed by atoms with E-state index in [1.807, 2.05) is 41.7 Å². The van der Waals surface area contributed by atoms with Gasteiger partial charge < -0.3 is 30.9 Å². The molecule has 0 aromatic heterocycles. The molecule has 0 aromatic carbocycles. The molecule has 0 aliphatic carbocycles. The predicted octanol–water partition coefficient (Wildman–Crippen LogP) is 1.10. The quantitative estimate of drug-likeness (QED) is 0.0935. The summed E-state index contributed by atoms with van der Waals surface area (Å²) in [6.07, 6.45) is 2.87. The number of hydrogen-bond acceptors (Lipinski definition) is 10. The van der Waals surface area contributed by atoms with Crippen LogP contribution in [0.4, 0.5) is 0 Å². The summed E-state index contributed by atoms with van der Waals surface area (Å²) in [6.45, 7) is 12.4. The van der Waals surface area contributed by atoms with E-state index in [2.05, 4.69) is 22.9 Å². The summed E-state index contributed by atoms with van der Waals surface area (Å²) in [7, 11) is 1.85. The second-order valence-electron chi connectivity index (χ2n) is 13.9. The molecule has 2 unspecified atom stereocenters. The topological polar surface area (TPSA) is 182 Å². The number of likely N-dealkylation sites (N-methyl/N-ethyl adjacent to an activating group) is 1. The van der Waals surface area contributed by atoms with Gasteiger partial charge in [0.05, 0.1) is 24.7 Å². The molecule has 3 rings (SSSR count). The fourth-order valence-electron chi connectivity index (χ4n) is 6.32. The lowest BCUT2D eigenvalue weighted by atomic mass is 9.94. The molecule has 12 atom stereocenters. The Morgan fingerprint density at radius 2 is 1.67 bits per heavy atom. The van der Waals surface area contributed by atoms with Gasteiger partial charge in [-0.05, 0) is 31.6 Å². The van der Waals surface area contributed by atoms with Gasteiger partial charge in [-0.3, -0.25) is 24.0 Å². The SMILES string of the molecule is CCCCCC[C@H]1OC(=O)CN2O[C@H]2[C@H]([C@H](C)O)NC(=O)[C@H](CO)NC(=O)[C@H]([C@H](C)CC)NC(=O)[C@H](CC(C)C)[N@@+]2(C)OC2[C@@H]1C. The zero-order chi connectivity index (χ0) is 34.3.